The van der Waals surface area contributed by atoms with Gasteiger partial charge in [-0.15, -0.1) is 0 Å². The molecule has 0 N–H and O–H groups in total. The first-order valence-corrected chi connectivity index (χ1v) is 5.07. The van der Waals surface area contributed by atoms with E-state index in [0.717, 1.165) is 0 Å². The fourth-order valence-corrected chi connectivity index (χ4v) is 1.37. The van der Waals surface area contributed by atoms with Gasteiger partial charge >= 0.3 is 0 Å². The standard InChI is InChI=1S/C12H10FNO3/c13-10-3-1-2-4-12(10)16-6-5-11-9(8-15)7-14-17-11/h1-4,7-8H,5-6H2. The number of para-hydroxylation sites is 1. The van der Waals surface area contributed by atoms with Crippen LogP contribution in [-0.4, -0.2) is 18.0 Å². The van der Waals surface area contributed by atoms with Crippen LogP contribution >= 0.6 is 0 Å². The van der Waals surface area contributed by atoms with E-state index in [1.165, 1.54) is 18.3 Å². The summed E-state index contributed by atoms with van der Waals surface area (Å²) in [5.74, 6) is 0.205. The van der Waals surface area contributed by atoms with E-state index in [2.05, 4.69) is 5.16 Å². The predicted octanol–water partition coefficient (Wildman–Crippen LogP) is 2.25. The van der Waals surface area contributed by atoms with Gasteiger partial charge in [-0.25, -0.2) is 4.39 Å². The van der Waals surface area contributed by atoms with E-state index in [-0.39, 0.29) is 12.4 Å². The molecule has 5 heteroatoms. The second-order valence-corrected chi connectivity index (χ2v) is 3.35. The minimum absolute atomic E-state index is 0.180. The molecule has 88 valence electrons. The largest absolute Gasteiger partial charge is 0.490 e. The third-order valence-corrected chi connectivity index (χ3v) is 2.23. The lowest BCUT2D eigenvalue weighted by atomic mass is 10.2. The maximum absolute atomic E-state index is 13.2. The number of carbonyl (C=O) groups is 1. The summed E-state index contributed by atoms with van der Waals surface area (Å²) in [6.45, 7) is 0.219. The van der Waals surface area contributed by atoms with Crippen LogP contribution in [0.4, 0.5) is 4.39 Å². The molecule has 0 unspecified atom stereocenters. The Morgan fingerprint density at radius 2 is 2.24 bits per heavy atom. The number of nitrogens with zero attached hydrogens (tertiary/aromatic N) is 1. The van der Waals surface area contributed by atoms with Crippen molar-refractivity contribution in [1.29, 1.82) is 0 Å². The molecule has 2 aromatic rings. The Bertz CT molecular complexity index is 510. The average Bonchev–Trinajstić information content (AvgIpc) is 2.79. The van der Waals surface area contributed by atoms with Crippen LogP contribution in [-0.2, 0) is 6.42 Å². The molecule has 0 radical (unpaired) electrons. The van der Waals surface area contributed by atoms with Crippen LogP contribution < -0.4 is 4.74 Å². The van der Waals surface area contributed by atoms with Crippen molar-refractivity contribution < 1.29 is 18.4 Å². The van der Waals surface area contributed by atoms with Crippen LogP contribution in [0.1, 0.15) is 16.1 Å². The number of aromatic nitrogens is 1. The van der Waals surface area contributed by atoms with E-state index in [4.69, 9.17) is 9.26 Å². The Morgan fingerprint density at radius 1 is 1.41 bits per heavy atom. The van der Waals surface area contributed by atoms with E-state index in [0.29, 0.717) is 24.0 Å². The summed E-state index contributed by atoms with van der Waals surface area (Å²) in [5, 5.41) is 3.50. The van der Waals surface area contributed by atoms with Gasteiger partial charge in [-0.2, -0.15) is 0 Å². The molecule has 0 saturated heterocycles. The molecule has 17 heavy (non-hydrogen) atoms. The van der Waals surface area contributed by atoms with Crippen LogP contribution in [0.2, 0.25) is 0 Å². The molecule has 0 amide bonds. The van der Waals surface area contributed by atoms with E-state index >= 15 is 0 Å². The molecule has 4 nitrogen and oxygen atoms in total. The van der Waals surface area contributed by atoms with Gasteiger partial charge in [0.05, 0.1) is 18.4 Å². The van der Waals surface area contributed by atoms with Crippen molar-refractivity contribution >= 4 is 6.29 Å². The highest BCUT2D eigenvalue weighted by Gasteiger charge is 2.08. The van der Waals surface area contributed by atoms with Crippen LogP contribution in [0.3, 0.4) is 0 Å². The second kappa shape index (κ2) is 5.25. The Labute approximate surface area is 97.0 Å². The molecular weight excluding hydrogens is 225 g/mol. The Morgan fingerprint density at radius 3 is 3.00 bits per heavy atom. The molecule has 0 bridgehead atoms. The number of halogens is 1. The first kappa shape index (κ1) is 11.3. The zero-order chi connectivity index (χ0) is 12.1. The molecular formula is C12H10FNO3. The minimum atomic E-state index is -0.416. The summed E-state index contributed by atoms with van der Waals surface area (Å²) in [6.07, 6.45) is 2.36. The molecule has 2 rings (SSSR count). The van der Waals surface area contributed by atoms with E-state index in [1.54, 1.807) is 12.1 Å². The van der Waals surface area contributed by atoms with Crippen molar-refractivity contribution in [2.24, 2.45) is 0 Å². The number of hydrogen-bond donors (Lipinski definition) is 0. The van der Waals surface area contributed by atoms with Gasteiger partial charge in [0.15, 0.2) is 23.6 Å². The highest BCUT2D eigenvalue weighted by molar-refractivity contribution is 5.75. The predicted molar refractivity (Wildman–Crippen MR) is 57.5 cm³/mol. The third-order valence-electron chi connectivity index (χ3n) is 2.23. The Hall–Kier alpha value is -2.17. The number of rotatable bonds is 5. The topological polar surface area (TPSA) is 52.3 Å². The fourth-order valence-electron chi connectivity index (χ4n) is 1.37. The summed E-state index contributed by atoms with van der Waals surface area (Å²) in [7, 11) is 0. The van der Waals surface area contributed by atoms with Gasteiger partial charge in [0.2, 0.25) is 0 Å². The van der Waals surface area contributed by atoms with Crippen molar-refractivity contribution in [2.75, 3.05) is 6.61 Å². The van der Waals surface area contributed by atoms with Crippen LogP contribution in [0, 0.1) is 5.82 Å². The molecule has 1 heterocycles. The Balaban J connectivity index is 1.92. The molecule has 0 aliphatic carbocycles. The van der Waals surface area contributed by atoms with E-state index in [1.807, 2.05) is 0 Å². The molecule has 0 saturated carbocycles. The first-order chi connectivity index (χ1) is 8.31. The smallest absolute Gasteiger partial charge is 0.165 e. The molecule has 1 aromatic carbocycles. The van der Waals surface area contributed by atoms with Gasteiger partial charge in [-0.05, 0) is 12.1 Å². The van der Waals surface area contributed by atoms with Gasteiger partial charge in [0.1, 0.15) is 0 Å². The van der Waals surface area contributed by atoms with Crippen molar-refractivity contribution in [3.63, 3.8) is 0 Å². The summed E-state index contributed by atoms with van der Waals surface area (Å²) in [5.41, 5.74) is 0.391. The molecule has 0 atom stereocenters. The summed E-state index contributed by atoms with van der Waals surface area (Å²) in [4.78, 5) is 10.6. The fraction of sp³-hybridized carbons (Fsp3) is 0.167. The van der Waals surface area contributed by atoms with Crippen molar-refractivity contribution in [1.82, 2.24) is 5.16 Å². The van der Waals surface area contributed by atoms with Gasteiger partial charge in [-0.1, -0.05) is 17.3 Å². The second-order valence-electron chi connectivity index (χ2n) is 3.35. The molecule has 0 aliphatic heterocycles. The summed E-state index contributed by atoms with van der Waals surface area (Å²) < 4.78 is 23.3. The van der Waals surface area contributed by atoms with Gasteiger partial charge in [-0.3, -0.25) is 4.79 Å². The zero-order valence-electron chi connectivity index (χ0n) is 8.93. The van der Waals surface area contributed by atoms with E-state index in [9.17, 15) is 9.18 Å². The van der Waals surface area contributed by atoms with Crippen LogP contribution in [0.15, 0.2) is 35.0 Å². The zero-order valence-corrected chi connectivity index (χ0v) is 8.93. The van der Waals surface area contributed by atoms with E-state index < -0.39 is 5.82 Å². The minimum Gasteiger partial charge on any atom is -0.490 e. The first-order valence-electron chi connectivity index (χ1n) is 5.07. The lowest BCUT2D eigenvalue weighted by Crippen LogP contribution is -2.03. The van der Waals surface area contributed by atoms with Crippen LogP contribution in [0.25, 0.3) is 0 Å². The Kier molecular flexibility index (Phi) is 3.49. The van der Waals surface area contributed by atoms with Crippen molar-refractivity contribution in [2.45, 2.75) is 6.42 Å². The van der Waals surface area contributed by atoms with Crippen molar-refractivity contribution in [3.05, 3.63) is 47.6 Å². The quantitative estimate of drug-likeness (QED) is 0.746. The number of carbonyl (C=O) groups excluding carboxylic acids is 1. The lowest BCUT2D eigenvalue weighted by molar-refractivity contribution is 0.112. The summed E-state index contributed by atoms with van der Waals surface area (Å²) in [6, 6.07) is 6.13. The van der Waals surface area contributed by atoms with Gasteiger partial charge in [0, 0.05) is 6.42 Å². The average molecular weight is 235 g/mol. The third kappa shape index (κ3) is 2.69. The monoisotopic (exact) mass is 235 g/mol. The normalized spacial score (nSPS) is 10.2. The number of aldehydes is 1. The summed E-state index contributed by atoms with van der Waals surface area (Å²) >= 11 is 0. The number of hydrogen-bond acceptors (Lipinski definition) is 4. The van der Waals surface area contributed by atoms with Crippen LogP contribution in [0.5, 0.6) is 5.75 Å². The highest BCUT2D eigenvalue weighted by Crippen LogP contribution is 2.16. The van der Waals surface area contributed by atoms with Gasteiger partial charge in [0.25, 0.3) is 0 Å². The molecule has 0 aliphatic rings. The van der Waals surface area contributed by atoms with Gasteiger partial charge < -0.3 is 9.26 Å². The van der Waals surface area contributed by atoms with Crippen molar-refractivity contribution in [3.8, 4) is 5.75 Å². The number of benzene rings is 1. The molecule has 0 spiro atoms. The molecule has 1 aromatic heterocycles. The molecule has 0 fully saturated rings. The SMILES string of the molecule is O=Cc1cnoc1CCOc1ccccc1F. The maximum Gasteiger partial charge on any atom is 0.165 e. The highest BCUT2D eigenvalue weighted by atomic mass is 19.1. The lowest BCUT2D eigenvalue weighted by Gasteiger charge is -2.05. The number of ether oxygens (including phenoxy) is 1. The maximum atomic E-state index is 13.2.